The Bertz CT molecular complexity index is 613. The van der Waals surface area contributed by atoms with Crippen LogP contribution in [-0.2, 0) is 0 Å². The van der Waals surface area contributed by atoms with Gasteiger partial charge in [0.05, 0.1) is 12.7 Å². The third kappa shape index (κ3) is 2.60. The first-order chi connectivity index (χ1) is 9.02. The minimum Gasteiger partial charge on any atom is -0.496 e. The molecule has 3 nitrogen and oxygen atoms in total. The summed E-state index contributed by atoms with van der Waals surface area (Å²) in [5, 5.41) is 8.91. The zero-order valence-corrected chi connectivity index (χ0v) is 11.2. The first kappa shape index (κ1) is 13.1. The van der Waals surface area contributed by atoms with Crippen molar-refractivity contribution in [2.24, 2.45) is 0 Å². The second-order valence-corrected chi connectivity index (χ2v) is 4.55. The minimum absolute atomic E-state index is 0.284. The van der Waals surface area contributed by atoms with E-state index >= 15 is 0 Å². The van der Waals surface area contributed by atoms with Crippen LogP contribution in [0.5, 0.6) is 5.75 Å². The van der Waals surface area contributed by atoms with E-state index in [9.17, 15) is 4.79 Å². The number of ether oxygens (including phenoxy) is 1. The zero-order valence-electron chi connectivity index (χ0n) is 11.2. The molecule has 0 saturated carbocycles. The average Bonchev–Trinajstić information content (AvgIpc) is 2.38. The summed E-state index contributed by atoms with van der Waals surface area (Å²) in [6, 6.07) is 10.9. The van der Waals surface area contributed by atoms with E-state index in [1.54, 1.807) is 31.4 Å². The van der Waals surface area contributed by atoms with Gasteiger partial charge in [0, 0.05) is 5.56 Å². The van der Waals surface area contributed by atoms with Crippen LogP contribution >= 0.6 is 0 Å². The average molecular weight is 256 g/mol. The fourth-order valence-corrected chi connectivity index (χ4v) is 2.23. The lowest BCUT2D eigenvalue weighted by atomic mass is 9.98. The van der Waals surface area contributed by atoms with E-state index in [0.29, 0.717) is 0 Å². The predicted octanol–water partition coefficient (Wildman–Crippen LogP) is 3.68. The SMILES string of the molecule is COc1c(C)cc(C)cc1-c1ccc(C(=O)O)cc1. The molecule has 0 aliphatic rings. The number of rotatable bonds is 3. The van der Waals surface area contributed by atoms with Gasteiger partial charge in [-0.25, -0.2) is 4.79 Å². The van der Waals surface area contributed by atoms with E-state index in [2.05, 4.69) is 6.07 Å². The first-order valence-corrected chi connectivity index (χ1v) is 6.02. The quantitative estimate of drug-likeness (QED) is 0.911. The van der Waals surface area contributed by atoms with Gasteiger partial charge in [-0.15, -0.1) is 0 Å². The number of carboxylic acids is 1. The maximum atomic E-state index is 10.9. The summed E-state index contributed by atoms with van der Waals surface area (Å²) < 4.78 is 5.45. The van der Waals surface area contributed by atoms with E-state index in [1.165, 1.54) is 0 Å². The molecule has 0 radical (unpaired) electrons. The monoisotopic (exact) mass is 256 g/mol. The smallest absolute Gasteiger partial charge is 0.335 e. The van der Waals surface area contributed by atoms with Crippen LogP contribution in [0.3, 0.4) is 0 Å². The van der Waals surface area contributed by atoms with Gasteiger partial charge in [0.2, 0.25) is 0 Å². The normalized spacial score (nSPS) is 10.3. The molecule has 1 N–H and O–H groups in total. The second-order valence-electron chi connectivity index (χ2n) is 4.55. The zero-order chi connectivity index (χ0) is 14.0. The molecule has 0 bridgehead atoms. The summed E-state index contributed by atoms with van der Waals surface area (Å²) in [6.45, 7) is 4.03. The summed E-state index contributed by atoms with van der Waals surface area (Å²) in [5.74, 6) is -0.0902. The van der Waals surface area contributed by atoms with Gasteiger partial charge in [0.15, 0.2) is 0 Å². The van der Waals surface area contributed by atoms with Gasteiger partial charge in [-0.1, -0.05) is 18.2 Å². The number of methoxy groups -OCH3 is 1. The fraction of sp³-hybridized carbons (Fsp3) is 0.188. The Balaban J connectivity index is 2.55. The van der Waals surface area contributed by atoms with Crippen molar-refractivity contribution in [3.05, 3.63) is 53.1 Å². The number of hydrogen-bond acceptors (Lipinski definition) is 2. The van der Waals surface area contributed by atoms with Crippen molar-refractivity contribution in [2.75, 3.05) is 7.11 Å². The maximum Gasteiger partial charge on any atom is 0.335 e. The molecule has 0 amide bonds. The number of hydrogen-bond donors (Lipinski definition) is 1. The van der Waals surface area contributed by atoms with Crippen molar-refractivity contribution >= 4 is 5.97 Å². The predicted molar refractivity (Wildman–Crippen MR) is 74.9 cm³/mol. The molecule has 2 aromatic rings. The van der Waals surface area contributed by atoms with Crippen molar-refractivity contribution < 1.29 is 14.6 Å². The molecule has 19 heavy (non-hydrogen) atoms. The number of carboxylic acid groups (broad SMARTS) is 1. The van der Waals surface area contributed by atoms with Crippen molar-refractivity contribution in [1.82, 2.24) is 0 Å². The van der Waals surface area contributed by atoms with Gasteiger partial charge in [-0.2, -0.15) is 0 Å². The Morgan fingerprint density at radius 1 is 1.11 bits per heavy atom. The van der Waals surface area contributed by atoms with Crippen LogP contribution in [0, 0.1) is 13.8 Å². The van der Waals surface area contributed by atoms with Crippen molar-refractivity contribution in [3.63, 3.8) is 0 Å². The Morgan fingerprint density at radius 3 is 2.26 bits per heavy atom. The molecule has 2 aromatic carbocycles. The van der Waals surface area contributed by atoms with E-state index in [0.717, 1.165) is 28.0 Å². The summed E-state index contributed by atoms with van der Waals surface area (Å²) in [4.78, 5) is 10.9. The Hall–Kier alpha value is -2.29. The largest absolute Gasteiger partial charge is 0.496 e. The molecule has 0 aliphatic carbocycles. The molecule has 0 atom stereocenters. The summed E-state index contributed by atoms with van der Waals surface area (Å²) >= 11 is 0. The number of aryl methyl sites for hydroxylation is 2. The maximum absolute atomic E-state index is 10.9. The molecule has 0 unspecified atom stereocenters. The highest BCUT2D eigenvalue weighted by molar-refractivity contribution is 5.88. The Kier molecular flexibility index (Phi) is 3.56. The van der Waals surface area contributed by atoms with Crippen LogP contribution in [0.4, 0.5) is 0 Å². The molecule has 3 heteroatoms. The van der Waals surface area contributed by atoms with Crippen LogP contribution in [0.2, 0.25) is 0 Å². The molecule has 0 heterocycles. The van der Waals surface area contributed by atoms with Crippen LogP contribution in [-0.4, -0.2) is 18.2 Å². The molecule has 98 valence electrons. The van der Waals surface area contributed by atoms with Crippen molar-refractivity contribution in [2.45, 2.75) is 13.8 Å². The highest BCUT2D eigenvalue weighted by atomic mass is 16.5. The molecule has 0 spiro atoms. The molecular formula is C16H16O3. The number of benzene rings is 2. The highest BCUT2D eigenvalue weighted by Gasteiger charge is 2.10. The third-order valence-corrected chi connectivity index (χ3v) is 3.07. The van der Waals surface area contributed by atoms with E-state index in [1.807, 2.05) is 19.9 Å². The summed E-state index contributed by atoms with van der Waals surface area (Å²) in [6.07, 6.45) is 0. The van der Waals surface area contributed by atoms with Crippen LogP contribution in [0.25, 0.3) is 11.1 Å². The molecule has 0 saturated heterocycles. The Morgan fingerprint density at radius 2 is 1.74 bits per heavy atom. The van der Waals surface area contributed by atoms with Gasteiger partial charge in [-0.05, 0) is 48.7 Å². The molecule has 0 fully saturated rings. The fourth-order valence-electron chi connectivity index (χ4n) is 2.23. The Labute approximate surface area is 112 Å². The number of aromatic carboxylic acids is 1. The highest BCUT2D eigenvalue weighted by Crippen LogP contribution is 2.34. The molecule has 2 rings (SSSR count). The van der Waals surface area contributed by atoms with Crippen molar-refractivity contribution in [1.29, 1.82) is 0 Å². The standard InChI is InChI=1S/C16H16O3/c1-10-8-11(2)15(19-3)14(9-10)12-4-6-13(7-5-12)16(17)18/h4-9H,1-3H3,(H,17,18). The van der Waals surface area contributed by atoms with Gasteiger partial charge in [0.25, 0.3) is 0 Å². The summed E-state index contributed by atoms with van der Waals surface area (Å²) in [7, 11) is 1.65. The lowest BCUT2D eigenvalue weighted by Crippen LogP contribution is -1.96. The van der Waals surface area contributed by atoms with E-state index < -0.39 is 5.97 Å². The van der Waals surface area contributed by atoms with Gasteiger partial charge >= 0.3 is 5.97 Å². The lowest BCUT2D eigenvalue weighted by Gasteiger charge is -2.13. The minimum atomic E-state index is -0.918. The molecule has 0 aromatic heterocycles. The van der Waals surface area contributed by atoms with Gasteiger partial charge in [0.1, 0.15) is 5.75 Å². The van der Waals surface area contributed by atoms with Gasteiger partial charge in [-0.3, -0.25) is 0 Å². The molecular weight excluding hydrogens is 240 g/mol. The van der Waals surface area contributed by atoms with E-state index in [4.69, 9.17) is 9.84 Å². The summed E-state index contributed by atoms with van der Waals surface area (Å²) in [5.41, 5.74) is 4.44. The topological polar surface area (TPSA) is 46.5 Å². The van der Waals surface area contributed by atoms with Crippen molar-refractivity contribution in [3.8, 4) is 16.9 Å². The second kappa shape index (κ2) is 5.14. The molecule has 0 aliphatic heterocycles. The van der Waals surface area contributed by atoms with Crippen LogP contribution in [0.1, 0.15) is 21.5 Å². The lowest BCUT2D eigenvalue weighted by molar-refractivity contribution is 0.0697. The first-order valence-electron chi connectivity index (χ1n) is 6.02. The van der Waals surface area contributed by atoms with E-state index in [-0.39, 0.29) is 5.56 Å². The van der Waals surface area contributed by atoms with Gasteiger partial charge < -0.3 is 9.84 Å². The third-order valence-electron chi connectivity index (χ3n) is 3.07. The van der Waals surface area contributed by atoms with Crippen LogP contribution < -0.4 is 4.74 Å². The van der Waals surface area contributed by atoms with Crippen LogP contribution in [0.15, 0.2) is 36.4 Å². The number of carbonyl (C=O) groups is 1.